The zero-order chi connectivity index (χ0) is 18.1. The van der Waals surface area contributed by atoms with Crippen LogP contribution in [0.25, 0.3) is 11.3 Å². The minimum absolute atomic E-state index is 0.265. The number of rotatable bonds is 3. The summed E-state index contributed by atoms with van der Waals surface area (Å²) in [7, 11) is 1.74. The molecule has 2 heterocycles. The predicted octanol–water partition coefficient (Wildman–Crippen LogP) is 3.25. The monoisotopic (exact) mass is 353 g/mol. The second-order valence-corrected chi connectivity index (χ2v) is 5.86. The number of carbonyl (C=O) groups is 1. The number of benzene rings is 2. The lowest BCUT2D eigenvalue weighted by Gasteiger charge is -2.18. The second kappa shape index (κ2) is 6.51. The van der Waals surface area contributed by atoms with E-state index >= 15 is 0 Å². The van der Waals surface area contributed by atoms with Crippen molar-refractivity contribution in [2.75, 3.05) is 18.5 Å². The number of nitrogens with zero attached hydrogens (tertiary/aromatic N) is 2. The molecule has 0 radical (unpaired) electrons. The highest BCUT2D eigenvalue weighted by Crippen LogP contribution is 2.32. The zero-order valence-corrected chi connectivity index (χ0v) is 14.0. The van der Waals surface area contributed by atoms with Crippen LogP contribution in [-0.4, -0.2) is 28.9 Å². The molecule has 1 aliphatic heterocycles. The first-order chi connectivity index (χ1) is 12.6. The maximum atomic E-state index is 13.1. The first kappa shape index (κ1) is 16.1. The fourth-order valence-corrected chi connectivity index (χ4v) is 2.79. The SMILES string of the molecule is Cn1nc(C(=O)Nc2ccc3c(c2)OCCO3)cc1-c1ccc(F)cc1. The third-order valence-electron chi connectivity index (χ3n) is 4.05. The van der Waals surface area contributed by atoms with E-state index in [-0.39, 0.29) is 17.4 Å². The van der Waals surface area contributed by atoms with Crippen LogP contribution in [0.1, 0.15) is 10.5 Å². The lowest BCUT2D eigenvalue weighted by Crippen LogP contribution is -2.16. The summed E-state index contributed by atoms with van der Waals surface area (Å²) in [5.74, 6) is 0.603. The maximum Gasteiger partial charge on any atom is 0.276 e. The van der Waals surface area contributed by atoms with Gasteiger partial charge in [-0.3, -0.25) is 9.48 Å². The van der Waals surface area contributed by atoms with Gasteiger partial charge in [-0.05, 0) is 48.0 Å². The summed E-state index contributed by atoms with van der Waals surface area (Å²) in [4.78, 5) is 12.5. The molecule has 7 heteroatoms. The number of hydrogen-bond donors (Lipinski definition) is 1. The van der Waals surface area contributed by atoms with Gasteiger partial charge in [-0.2, -0.15) is 5.10 Å². The average molecular weight is 353 g/mol. The van der Waals surface area contributed by atoms with Crippen LogP contribution < -0.4 is 14.8 Å². The zero-order valence-electron chi connectivity index (χ0n) is 14.0. The summed E-state index contributed by atoms with van der Waals surface area (Å²) >= 11 is 0. The Morgan fingerprint density at radius 1 is 1.08 bits per heavy atom. The molecular formula is C19H16FN3O3. The van der Waals surface area contributed by atoms with Gasteiger partial charge in [-0.15, -0.1) is 0 Å². The Hall–Kier alpha value is -3.35. The molecule has 0 unspecified atom stereocenters. The third kappa shape index (κ3) is 3.11. The van der Waals surface area contributed by atoms with Gasteiger partial charge in [0.05, 0.1) is 5.69 Å². The maximum absolute atomic E-state index is 13.1. The van der Waals surface area contributed by atoms with Crippen LogP contribution in [0, 0.1) is 5.82 Å². The van der Waals surface area contributed by atoms with Crippen LogP contribution in [0.4, 0.5) is 10.1 Å². The molecule has 3 aromatic rings. The Morgan fingerprint density at radius 2 is 1.81 bits per heavy atom. The van der Waals surface area contributed by atoms with E-state index < -0.39 is 0 Å². The van der Waals surface area contributed by atoms with E-state index in [0.29, 0.717) is 30.4 Å². The summed E-state index contributed by atoms with van der Waals surface area (Å²) in [6, 6.07) is 12.9. The number of aromatic nitrogens is 2. The van der Waals surface area contributed by atoms with E-state index in [2.05, 4.69) is 10.4 Å². The van der Waals surface area contributed by atoms with Crippen LogP contribution in [-0.2, 0) is 7.05 Å². The van der Waals surface area contributed by atoms with Gasteiger partial charge >= 0.3 is 0 Å². The molecule has 26 heavy (non-hydrogen) atoms. The van der Waals surface area contributed by atoms with Gasteiger partial charge in [0.1, 0.15) is 19.0 Å². The van der Waals surface area contributed by atoms with Gasteiger partial charge in [0.15, 0.2) is 17.2 Å². The van der Waals surface area contributed by atoms with E-state index in [1.807, 2.05) is 0 Å². The second-order valence-electron chi connectivity index (χ2n) is 5.86. The summed E-state index contributed by atoms with van der Waals surface area (Å²) in [5.41, 5.74) is 2.35. The number of hydrogen-bond acceptors (Lipinski definition) is 4. The number of anilines is 1. The normalized spacial score (nSPS) is 12.7. The quantitative estimate of drug-likeness (QED) is 0.785. The summed E-state index contributed by atoms with van der Waals surface area (Å²) in [6.45, 7) is 0.991. The van der Waals surface area contributed by atoms with Gasteiger partial charge < -0.3 is 14.8 Å². The van der Waals surface area contributed by atoms with Crippen molar-refractivity contribution in [3.8, 4) is 22.8 Å². The summed E-state index contributed by atoms with van der Waals surface area (Å²) in [6.07, 6.45) is 0. The van der Waals surface area contributed by atoms with E-state index in [0.717, 1.165) is 11.3 Å². The summed E-state index contributed by atoms with van der Waals surface area (Å²) < 4.78 is 25.7. The number of halogens is 1. The van der Waals surface area contributed by atoms with Crippen LogP contribution in [0.15, 0.2) is 48.5 Å². The van der Waals surface area contributed by atoms with Gasteiger partial charge in [0.25, 0.3) is 5.91 Å². The molecule has 0 aliphatic carbocycles. The fraction of sp³-hybridized carbons (Fsp3) is 0.158. The topological polar surface area (TPSA) is 65.4 Å². The Balaban J connectivity index is 1.55. The molecule has 4 rings (SSSR count). The van der Waals surface area contributed by atoms with Crippen molar-refractivity contribution in [1.29, 1.82) is 0 Å². The molecular weight excluding hydrogens is 337 g/mol. The molecule has 0 fully saturated rings. The van der Waals surface area contributed by atoms with Gasteiger partial charge in [-0.1, -0.05) is 0 Å². The molecule has 132 valence electrons. The van der Waals surface area contributed by atoms with E-state index in [4.69, 9.17) is 9.47 Å². The molecule has 1 N–H and O–H groups in total. The molecule has 1 aromatic heterocycles. The fourth-order valence-electron chi connectivity index (χ4n) is 2.79. The third-order valence-corrected chi connectivity index (χ3v) is 4.05. The van der Waals surface area contributed by atoms with Gasteiger partial charge in [0, 0.05) is 18.8 Å². The standard InChI is InChI=1S/C19H16FN3O3/c1-23-16(12-2-4-13(20)5-3-12)11-15(22-23)19(24)21-14-6-7-17-18(10-14)26-9-8-25-17/h2-7,10-11H,8-9H2,1H3,(H,21,24). The molecule has 0 saturated carbocycles. The van der Waals surface area contributed by atoms with Crippen LogP contribution in [0.2, 0.25) is 0 Å². The minimum atomic E-state index is -0.342. The molecule has 6 nitrogen and oxygen atoms in total. The highest BCUT2D eigenvalue weighted by Gasteiger charge is 2.16. The van der Waals surface area contributed by atoms with Crippen molar-refractivity contribution in [3.05, 3.63) is 60.0 Å². The molecule has 0 spiro atoms. The Bertz CT molecular complexity index is 967. The van der Waals surface area contributed by atoms with Crippen molar-refractivity contribution >= 4 is 11.6 Å². The lowest BCUT2D eigenvalue weighted by molar-refractivity contribution is 0.102. The van der Waals surface area contributed by atoms with E-state index in [1.165, 1.54) is 12.1 Å². The van der Waals surface area contributed by atoms with Crippen LogP contribution in [0.3, 0.4) is 0 Å². The van der Waals surface area contributed by atoms with E-state index in [1.54, 1.807) is 48.1 Å². The molecule has 1 amide bonds. The molecule has 2 aromatic carbocycles. The number of ether oxygens (including phenoxy) is 2. The van der Waals surface area contributed by atoms with Crippen LogP contribution >= 0.6 is 0 Å². The van der Waals surface area contributed by atoms with Crippen molar-refractivity contribution in [2.24, 2.45) is 7.05 Å². The highest BCUT2D eigenvalue weighted by atomic mass is 19.1. The number of carbonyl (C=O) groups excluding carboxylic acids is 1. The van der Waals surface area contributed by atoms with Crippen LogP contribution in [0.5, 0.6) is 11.5 Å². The van der Waals surface area contributed by atoms with Crippen molar-refractivity contribution in [1.82, 2.24) is 9.78 Å². The number of aryl methyl sites for hydroxylation is 1. The van der Waals surface area contributed by atoms with Crippen molar-refractivity contribution in [3.63, 3.8) is 0 Å². The minimum Gasteiger partial charge on any atom is -0.486 e. The molecule has 0 atom stereocenters. The van der Waals surface area contributed by atoms with Crippen molar-refractivity contribution in [2.45, 2.75) is 0 Å². The predicted molar refractivity (Wildman–Crippen MR) is 94.0 cm³/mol. The number of fused-ring (bicyclic) bond motifs is 1. The Morgan fingerprint density at radius 3 is 2.58 bits per heavy atom. The van der Waals surface area contributed by atoms with Gasteiger partial charge in [0.2, 0.25) is 0 Å². The van der Waals surface area contributed by atoms with Crippen molar-refractivity contribution < 1.29 is 18.7 Å². The Kier molecular flexibility index (Phi) is 4.04. The first-order valence-corrected chi connectivity index (χ1v) is 8.11. The average Bonchev–Trinajstić information content (AvgIpc) is 3.04. The first-order valence-electron chi connectivity index (χ1n) is 8.11. The molecule has 0 saturated heterocycles. The smallest absolute Gasteiger partial charge is 0.276 e. The van der Waals surface area contributed by atoms with E-state index in [9.17, 15) is 9.18 Å². The number of amides is 1. The van der Waals surface area contributed by atoms with Gasteiger partial charge in [-0.25, -0.2) is 4.39 Å². The number of nitrogens with one attached hydrogen (secondary N) is 1. The molecule has 0 bridgehead atoms. The Labute approximate surface area is 149 Å². The highest BCUT2D eigenvalue weighted by molar-refractivity contribution is 6.03. The molecule has 1 aliphatic rings. The largest absolute Gasteiger partial charge is 0.486 e. The summed E-state index contributed by atoms with van der Waals surface area (Å²) in [5, 5.41) is 7.05. The lowest BCUT2D eigenvalue weighted by atomic mass is 10.1.